The molecule has 1 atom stereocenters. The summed E-state index contributed by atoms with van der Waals surface area (Å²) in [5.41, 5.74) is 3.20. The number of fused-ring (bicyclic) bond motifs is 1. The highest BCUT2D eigenvalue weighted by molar-refractivity contribution is 5.83. The monoisotopic (exact) mass is 530 g/mol. The zero-order valence-corrected chi connectivity index (χ0v) is 22.1. The molecule has 1 fully saturated rings. The molecule has 0 saturated heterocycles. The number of hydrogen-bond acceptors (Lipinski definition) is 7. The second-order valence-electron chi connectivity index (χ2n) is 10.2. The SMILES string of the molecule is COc1cc2cc([C@@H](c3nnnn3C3CCCC3)N3CC=C(c4ccc(F)cc4)CC3)c(=O)[nH]c2cc1OC. The molecular formula is C29H31FN6O3. The van der Waals surface area contributed by atoms with Gasteiger partial charge in [0.25, 0.3) is 5.56 Å². The molecule has 9 nitrogen and oxygen atoms in total. The Labute approximate surface area is 225 Å². The van der Waals surface area contributed by atoms with Crippen LogP contribution in [0.1, 0.15) is 61.1 Å². The molecule has 0 unspecified atom stereocenters. The Morgan fingerprint density at radius 3 is 2.49 bits per heavy atom. The summed E-state index contributed by atoms with van der Waals surface area (Å²) in [7, 11) is 3.16. The normalized spacial score (nSPS) is 17.4. The van der Waals surface area contributed by atoms with E-state index in [9.17, 15) is 9.18 Å². The number of methoxy groups -OCH3 is 2. The molecular weight excluding hydrogens is 499 g/mol. The number of nitrogens with one attached hydrogen (secondary N) is 1. The first-order valence-electron chi connectivity index (χ1n) is 13.3. The second kappa shape index (κ2) is 10.6. The van der Waals surface area contributed by atoms with Crippen LogP contribution in [0.15, 0.2) is 53.3 Å². The lowest BCUT2D eigenvalue weighted by atomic mass is 9.96. The molecule has 1 saturated carbocycles. The molecule has 0 amide bonds. The van der Waals surface area contributed by atoms with Crippen molar-refractivity contribution in [3.8, 4) is 11.5 Å². The average Bonchev–Trinajstić information content (AvgIpc) is 3.66. The van der Waals surface area contributed by atoms with Gasteiger partial charge in [0.1, 0.15) is 11.9 Å². The fraction of sp³-hybridized carbons (Fsp3) is 0.379. The summed E-state index contributed by atoms with van der Waals surface area (Å²) in [6.45, 7) is 1.28. The molecule has 0 spiro atoms. The van der Waals surface area contributed by atoms with Gasteiger partial charge in [-0.05, 0) is 65.1 Å². The number of H-pyrrole nitrogens is 1. The summed E-state index contributed by atoms with van der Waals surface area (Å²) >= 11 is 0. The van der Waals surface area contributed by atoms with Gasteiger partial charge in [0.15, 0.2) is 17.3 Å². The fourth-order valence-electron chi connectivity index (χ4n) is 5.89. The number of hydrogen-bond donors (Lipinski definition) is 1. The van der Waals surface area contributed by atoms with Crippen molar-refractivity contribution in [3.63, 3.8) is 0 Å². The van der Waals surface area contributed by atoms with Crippen molar-refractivity contribution in [2.24, 2.45) is 0 Å². The molecule has 4 aromatic rings. The predicted molar refractivity (Wildman–Crippen MR) is 145 cm³/mol. The zero-order chi connectivity index (χ0) is 26.9. The van der Waals surface area contributed by atoms with Gasteiger partial charge < -0.3 is 14.5 Å². The quantitative estimate of drug-likeness (QED) is 0.371. The summed E-state index contributed by atoms with van der Waals surface area (Å²) in [5.74, 6) is 1.55. The van der Waals surface area contributed by atoms with E-state index >= 15 is 0 Å². The van der Waals surface area contributed by atoms with Gasteiger partial charge in [-0.3, -0.25) is 9.69 Å². The first-order valence-corrected chi connectivity index (χ1v) is 13.3. The Kier molecular flexibility index (Phi) is 6.86. The van der Waals surface area contributed by atoms with Gasteiger partial charge in [0, 0.05) is 30.1 Å². The number of benzene rings is 2. The van der Waals surface area contributed by atoms with Crippen molar-refractivity contribution in [1.82, 2.24) is 30.1 Å². The molecule has 1 aliphatic heterocycles. The number of tetrazole rings is 1. The Balaban J connectivity index is 1.44. The Morgan fingerprint density at radius 1 is 1.05 bits per heavy atom. The number of ether oxygens (including phenoxy) is 2. The summed E-state index contributed by atoms with van der Waals surface area (Å²) in [5, 5.41) is 13.7. The zero-order valence-electron chi connectivity index (χ0n) is 22.1. The van der Waals surface area contributed by atoms with Gasteiger partial charge in [0.05, 0.1) is 25.8 Å². The van der Waals surface area contributed by atoms with Crippen LogP contribution in [0.25, 0.3) is 16.5 Å². The maximum atomic E-state index is 13.6. The van der Waals surface area contributed by atoms with Crippen LogP contribution >= 0.6 is 0 Å². The van der Waals surface area contributed by atoms with Crippen molar-refractivity contribution < 1.29 is 13.9 Å². The Morgan fingerprint density at radius 2 is 1.79 bits per heavy atom. The van der Waals surface area contributed by atoms with E-state index in [0.29, 0.717) is 41.5 Å². The molecule has 10 heteroatoms. The van der Waals surface area contributed by atoms with E-state index in [1.807, 2.05) is 28.9 Å². The summed E-state index contributed by atoms with van der Waals surface area (Å²) in [4.78, 5) is 18.9. The van der Waals surface area contributed by atoms with E-state index in [-0.39, 0.29) is 17.4 Å². The maximum Gasteiger partial charge on any atom is 0.253 e. The van der Waals surface area contributed by atoms with Crippen LogP contribution in [0.2, 0.25) is 0 Å². The molecule has 1 aliphatic carbocycles. The van der Waals surface area contributed by atoms with Gasteiger partial charge >= 0.3 is 0 Å². The molecule has 39 heavy (non-hydrogen) atoms. The lowest BCUT2D eigenvalue weighted by molar-refractivity contribution is 0.229. The molecule has 0 bridgehead atoms. The number of pyridine rings is 1. The van der Waals surface area contributed by atoms with Crippen LogP contribution in [0, 0.1) is 5.82 Å². The Bertz CT molecular complexity index is 1570. The largest absolute Gasteiger partial charge is 0.493 e. The lowest BCUT2D eigenvalue weighted by Crippen LogP contribution is -2.38. The third-order valence-electron chi connectivity index (χ3n) is 7.93. The number of nitrogens with zero attached hydrogens (tertiary/aromatic N) is 5. The van der Waals surface area contributed by atoms with Crippen molar-refractivity contribution in [2.45, 2.75) is 44.2 Å². The predicted octanol–water partition coefficient (Wildman–Crippen LogP) is 4.66. The third kappa shape index (κ3) is 4.80. The van der Waals surface area contributed by atoms with Crippen LogP contribution in [0.5, 0.6) is 11.5 Å². The molecule has 3 heterocycles. The van der Waals surface area contributed by atoms with E-state index in [1.165, 1.54) is 12.1 Å². The molecule has 0 radical (unpaired) electrons. The lowest BCUT2D eigenvalue weighted by Gasteiger charge is -2.33. The van der Waals surface area contributed by atoms with Crippen LogP contribution in [0.3, 0.4) is 0 Å². The number of aromatic nitrogens is 5. The smallest absolute Gasteiger partial charge is 0.253 e. The summed E-state index contributed by atoms with van der Waals surface area (Å²) < 4.78 is 26.3. The van der Waals surface area contributed by atoms with E-state index < -0.39 is 6.04 Å². The highest BCUT2D eigenvalue weighted by Crippen LogP contribution is 2.37. The van der Waals surface area contributed by atoms with Gasteiger partial charge in [-0.1, -0.05) is 31.1 Å². The third-order valence-corrected chi connectivity index (χ3v) is 7.93. The first-order chi connectivity index (χ1) is 19.1. The van der Waals surface area contributed by atoms with Crippen LogP contribution in [-0.2, 0) is 0 Å². The minimum atomic E-state index is -0.451. The van der Waals surface area contributed by atoms with E-state index in [0.717, 1.165) is 48.6 Å². The molecule has 2 aliphatic rings. The minimum absolute atomic E-state index is 0.200. The Hall–Kier alpha value is -4.05. The van der Waals surface area contributed by atoms with Crippen LogP contribution in [-0.4, -0.2) is 57.4 Å². The van der Waals surface area contributed by atoms with E-state index in [1.54, 1.807) is 20.3 Å². The number of aromatic amines is 1. The average molecular weight is 531 g/mol. The minimum Gasteiger partial charge on any atom is -0.493 e. The van der Waals surface area contributed by atoms with Crippen molar-refractivity contribution in [2.75, 3.05) is 27.3 Å². The molecule has 6 rings (SSSR count). The van der Waals surface area contributed by atoms with Crippen molar-refractivity contribution in [1.29, 1.82) is 0 Å². The van der Waals surface area contributed by atoms with Gasteiger partial charge in [0.2, 0.25) is 0 Å². The standard InChI is InChI=1S/C29H31FN6O3/c1-38-25-16-20-15-23(29(37)31-24(20)17-26(25)39-2)27(28-32-33-34-36(28)22-5-3-4-6-22)35-13-11-19(12-14-35)18-7-9-21(30)10-8-18/h7-11,15-17,22,27H,3-6,12-14H2,1-2H3,(H,31,37)/t27-/m0/s1. The molecule has 1 N–H and O–H groups in total. The highest BCUT2D eigenvalue weighted by Gasteiger charge is 2.34. The van der Waals surface area contributed by atoms with E-state index in [4.69, 9.17) is 9.47 Å². The van der Waals surface area contributed by atoms with Crippen molar-refractivity contribution >= 4 is 16.5 Å². The summed E-state index contributed by atoms with van der Waals surface area (Å²) in [6, 6.07) is 11.9. The van der Waals surface area contributed by atoms with Crippen LogP contribution in [0.4, 0.5) is 4.39 Å². The molecule has 202 valence electrons. The maximum absolute atomic E-state index is 13.6. The molecule has 2 aromatic heterocycles. The van der Waals surface area contributed by atoms with Gasteiger partial charge in [-0.2, -0.15) is 0 Å². The highest BCUT2D eigenvalue weighted by atomic mass is 19.1. The second-order valence-corrected chi connectivity index (χ2v) is 10.2. The topological polar surface area (TPSA) is 98.2 Å². The molecule has 2 aromatic carbocycles. The van der Waals surface area contributed by atoms with Gasteiger partial charge in [-0.25, -0.2) is 9.07 Å². The van der Waals surface area contributed by atoms with Gasteiger partial charge in [-0.15, -0.1) is 5.10 Å². The number of rotatable bonds is 7. The number of halogens is 1. The van der Waals surface area contributed by atoms with Crippen molar-refractivity contribution in [3.05, 3.63) is 81.7 Å². The van der Waals surface area contributed by atoms with E-state index in [2.05, 4.69) is 31.5 Å². The fourth-order valence-corrected chi connectivity index (χ4v) is 5.89. The summed E-state index contributed by atoms with van der Waals surface area (Å²) in [6.07, 6.45) is 7.22. The van der Waals surface area contributed by atoms with Crippen LogP contribution < -0.4 is 15.0 Å². The first kappa shape index (κ1) is 25.2.